The van der Waals surface area contributed by atoms with Crippen LogP contribution in [0.25, 0.3) is 11.0 Å². The second-order valence-electron chi connectivity index (χ2n) is 6.52. The summed E-state index contributed by atoms with van der Waals surface area (Å²) in [5.74, 6) is 2.28. The van der Waals surface area contributed by atoms with Gasteiger partial charge in [0.15, 0.2) is 11.6 Å². The second kappa shape index (κ2) is 8.31. The van der Waals surface area contributed by atoms with Crippen molar-refractivity contribution in [2.45, 2.75) is 51.2 Å². The monoisotopic (exact) mass is 360 g/mol. The molecule has 142 valence electrons. The molecule has 0 bridgehead atoms. The van der Waals surface area contributed by atoms with Crippen LogP contribution in [0.4, 0.5) is 23.5 Å². The van der Waals surface area contributed by atoms with E-state index in [1.54, 1.807) is 14.1 Å². The van der Waals surface area contributed by atoms with Crippen LogP contribution in [0.3, 0.4) is 0 Å². The van der Waals surface area contributed by atoms with Crippen molar-refractivity contribution < 1.29 is 5.11 Å². The molecule has 0 aromatic carbocycles. The number of aromatic nitrogens is 4. The molecule has 0 amide bonds. The quantitative estimate of drug-likeness (QED) is 0.505. The summed E-state index contributed by atoms with van der Waals surface area (Å²) in [6.07, 6.45) is 4.46. The van der Waals surface area contributed by atoms with Crippen molar-refractivity contribution in [1.82, 2.24) is 19.9 Å². The molecule has 2 aromatic rings. The lowest BCUT2D eigenvalue weighted by molar-refractivity contribution is 0.116. The minimum Gasteiger partial charge on any atom is -0.391 e. The highest BCUT2D eigenvalue weighted by molar-refractivity contribution is 5.94. The number of aliphatic hydroxyl groups is 1. The molecule has 0 spiro atoms. The Bertz CT molecular complexity index is 753. The Morgan fingerprint density at radius 1 is 0.923 bits per heavy atom. The van der Waals surface area contributed by atoms with Gasteiger partial charge in [-0.1, -0.05) is 19.8 Å². The van der Waals surface area contributed by atoms with E-state index < -0.39 is 0 Å². The highest BCUT2D eigenvalue weighted by Gasteiger charge is 2.25. The van der Waals surface area contributed by atoms with Crippen molar-refractivity contribution >= 4 is 34.6 Å². The van der Waals surface area contributed by atoms with Gasteiger partial charge in [0.2, 0.25) is 11.9 Å². The van der Waals surface area contributed by atoms with Crippen LogP contribution in [0.1, 0.15) is 39.0 Å². The average molecular weight is 360 g/mol. The van der Waals surface area contributed by atoms with E-state index in [9.17, 15) is 5.11 Å². The van der Waals surface area contributed by atoms with Gasteiger partial charge in [-0.25, -0.2) is 9.97 Å². The van der Waals surface area contributed by atoms with Crippen molar-refractivity contribution in [2.24, 2.45) is 0 Å². The average Bonchev–Trinajstić information content (AvgIpc) is 2.67. The summed E-state index contributed by atoms with van der Waals surface area (Å²) in [4.78, 5) is 18.2. The molecule has 5 N–H and O–H groups in total. The normalized spacial score (nSPS) is 20.0. The molecule has 0 saturated heterocycles. The van der Waals surface area contributed by atoms with E-state index >= 15 is 0 Å². The number of anilines is 4. The van der Waals surface area contributed by atoms with E-state index in [4.69, 9.17) is 0 Å². The molecule has 9 heteroatoms. The summed E-state index contributed by atoms with van der Waals surface area (Å²) < 4.78 is 0. The number of hydrogen-bond donors (Lipinski definition) is 5. The standard InChI is InChI=1S/C17H28N8O/c1-4-9-20-14-12-13(23-16(18-2)24-14)15(25-17(19-3)22-12)21-10-7-5-6-8-11(10)26/h10-11,26H,4-9H2,1-3H3,(H2,18,20,23,24)(H2,19,21,22,25)/t10-,11+/m1/s1. The Labute approximate surface area is 153 Å². The number of hydrogen-bond acceptors (Lipinski definition) is 9. The second-order valence-corrected chi connectivity index (χ2v) is 6.52. The smallest absolute Gasteiger partial charge is 0.225 e. The fraction of sp³-hybridized carbons (Fsp3) is 0.647. The van der Waals surface area contributed by atoms with E-state index in [2.05, 4.69) is 48.1 Å². The molecule has 2 aromatic heterocycles. The largest absolute Gasteiger partial charge is 0.391 e. The number of aliphatic hydroxyl groups excluding tert-OH is 1. The van der Waals surface area contributed by atoms with Crippen molar-refractivity contribution in [3.05, 3.63) is 0 Å². The maximum absolute atomic E-state index is 10.3. The Morgan fingerprint density at radius 2 is 1.54 bits per heavy atom. The summed E-state index contributed by atoms with van der Waals surface area (Å²) in [5.41, 5.74) is 1.30. The molecule has 0 aliphatic heterocycles. The van der Waals surface area contributed by atoms with Crippen LogP contribution in [0.5, 0.6) is 0 Å². The van der Waals surface area contributed by atoms with Gasteiger partial charge >= 0.3 is 0 Å². The third-order valence-corrected chi connectivity index (χ3v) is 4.58. The first kappa shape index (κ1) is 18.4. The lowest BCUT2D eigenvalue weighted by Crippen LogP contribution is -2.36. The van der Waals surface area contributed by atoms with Gasteiger partial charge in [-0.15, -0.1) is 0 Å². The fourth-order valence-electron chi connectivity index (χ4n) is 3.16. The highest BCUT2D eigenvalue weighted by Crippen LogP contribution is 2.29. The molecule has 3 rings (SSSR count). The Kier molecular flexibility index (Phi) is 5.87. The van der Waals surface area contributed by atoms with E-state index in [0.717, 1.165) is 38.6 Å². The first-order valence-electron chi connectivity index (χ1n) is 9.30. The number of fused-ring (bicyclic) bond motifs is 1. The van der Waals surface area contributed by atoms with E-state index in [0.29, 0.717) is 34.6 Å². The minimum absolute atomic E-state index is 0.0355. The molecule has 1 aliphatic rings. The molecule has 2 atom stereocenters. The Morgan fingerprint density at radius 3 is 2.15 bits per heavy atom. The van der Waals surface area contributed by atoms with Gasteiger partial charge in [-0.3, -0.25) is 0 Å². The maximum Gasteiger partial charge on any atom is 0.225 e. The van der Waals surface area contributed by atoms with Crippen molar-refractivity contribution in [2.75, 3.05) is 41.9 Å². The van der Waals surface area contributed by atoms with Crippen LogP contribution in [-0.2, 0) is 0 Å². The number of nitrogens with zero attached hydrogens (tertiary/aromatic N) is 4. The summed E-state index contributed by atoms with van der Waals surface area (Å²) in [5, 5.41) is 23.0. The first-order valence-corrected chi connectivity index (χ1v) is 9.30. The van der Waals surface area contributed by atoms with Crippen LogP contribution in [-0.4, -0.2) is 57.8 Å². The molecule has 9 nitrogen and oxygen atoms in total. The Hall–Kier alpha value is -2.42. The highest BCUT2D eigenvalue weighted by atomic mass is 16.3. The van der Waals surface area contributed by atoms with Gasteiger partial charge < -0.3 is 26.4 Å². The van der Waals surface area contributed by atoms with Crippen molar-refractivity contribution in [3.8, 4) is 0 Å². The third-order valence-electron chi connectivity index (χ3n) is 4.58. The van der Waals surface area contributed by atoms with Gasteiger partial charge in [-0.05, 0) is 19.3 Å². The topological polar surface area (TPSA) is 120 Å². The first-order chi connectivity index (χ1) is 12.7. The molecule has 0 radical (unpaired) electrons. The van der Waals surface area contributed by atoms with Crippen LogP contribution in [0.2, 0.25) is 0 Å². The van der Waals surface area contributed by atoms with Crippen LogP contribution in [0, 0.1) is 0 Å². The molecular weight excluding hydrogens is 332 g/mol. The van der Waals surface area contributed by atoms with E-state index in [-0.39, 0.29) is 12.1 Å². The van der Waals surface area contributed by atoms with Gasteiger partial charge in [0, 0.05) is 20.6 Å². The van der Waals surface area contributed by atoms with E-state index in [1.165, 1.54) is 0 Å². The summed E-state index contributed by atoms with van der Waals surface area (Å²) in [7, 11) is 3.56. The Balaban J connectivity index is 2.07. The number of rotatable bonds is 7. The zero-order valence-electron chi connectivity index (χ0n) is 15.6. The molecule has 2 heterocycles. The molecular formula is C17H28N8O. The minimum atomic E-state index is -0.380. The molecule has 1 saturated carbocycles. The maximum atomic E-state index is 10.3. The molecule has 1 fully saturated rings. The molecule has 26 heavy (non-hydrogen) atoms. The van der Waals surface area contributed by atoms with Gasteiger partial charge in [0.05, 0.1) is 12.1 Å². The van der Waals surface area contributed by atoms with Crippen LogP contribution < -0.4 is 21.3 Å². The van der Waals surface area contributed by atoms with Gasteiger partial charge in [0.1, 0.15) is 11.0 Å². The lowest BCUT2D eigenvalue weighted by atomic mass is 9.92. The molecule has 0 unspecified atom stereocenters. The molecule has 1 aliphatic carbocycles. The summed E-state index contributed by atoms with van der Waals surface area (Å²) in [6.45, 7) is 2.89. The summed E-state index contributed by atoms with van der Waals surface area (Å²) in [6, 6.07) is -0.0355. The van der Waals surface area contributed by atoms with E-state index in [1.807, 2.05) is 0 Å². The van der Waals surface area contributed by atoms with Gasteiger partial charge in [0.25, 0.3) is 0 Å². The number of nitrogens with one attached hydrogen (secondary N) is 4. The fourth-order valence-corrected chi connectivity index (χ4v) is 3.16. The van der Waals surface area contributed by atoms with Crippen molar-refractivity contribution in [1.29, 1.82) is 0 Å². The van der Waals surface area contributed by atoms with Crippen LogP contribution >= 0.6 is 0 Å². The predicted molar refractivity (Wildman–Crippen MR) is 105 cm³/mol. The predicted octanol–water partition coefficient (Wildman–Crippen LogP) is 2.04. The van der Waals surface area contributed by atoms with Crippen molar-refractivity contribution in [3.63, 3.8) is 0 Å². The zero-order chi connectivity index (χ0) is 18.5. The SMILES string of the molecule is CCCNc1nc(NC)nc2c(N[C@@H]3CCCC[C@@H]3O)nc(NC)nc12. The zero-order valence-corrected chi connectivity index (χ0v) is 15.6. The third kappa shape index (κ3) is 3.87. The van der Waals surface area contributed by atoms with Crippen LogP contribution in [0.15, 0.2) is 0 Å². The summed E-state index contributed by atoms with van der Waals surface area (Å²) >= 11 is 0. The van der Waals surface area contributed by atoms with Gasteiger partial charge in [-0.2, -0.15) is 9.97 Å². The lowest BCUT2D eigenvalue weighted by Gasteiger charge is -2.29.